The summed E-state index contributed by atoms with van der Waals surface area (Å²) < 4.78 is 15.4. The van der Waals surface area contributed by atoms with Gasteiger partial charge in [0, 0.05) is 78.2 Å². The van der Waals surface area contributed by atoms with Gasteiger partial charge in [-0.15, -0.1) is 53.6 Å². The summed E-state index contributed by atoms with van der Waals surface area (Å²) in [5.41, 5.74) is 8.67. The Labute approximate surface area is 344 Å². The molecule has 7 heteroatoms. The smallest absolute Gasteiger partial charge is 0.140 e. The van der Waals surface area contributed by atoms with E-state index in [1.165, 1.54) is 5.39 Å². The van der Waals surface area contributed by atoms with E-state index in [0.717, 1.165) is 83.3 Å². The molecule has 1 aliphatic heterocycles. The van der Waals surface area contributed by atoms with Gasteiger partial charge in [0.25, 0.3) is 0 Å². The van der Waals surface area contributed by atoms with Crippen LogP contribution in [0.1, 0.15) is 26.3 Å². The number of fused-ring (bicyclic) bond motifs is 8. The molecule has 0 saturated carbocycles. The van der Waals surface area contributed by atoms with E-state index in [1.54, 1.807) is 0 Å². The van der Waals surface area contributed by atoms with Crippen LogP contribution in [-0.4, -0.2) is 9.55 Å². The summed E-state index contributed by atoms with van der Waals surface area (Å²) in [7, 11) is 0. The van der Waals surface area contributed by atoms with Gasteiger partial charge in [0.1, 0.15) is 17.0 Å². The number of ether oxygens (including phenoxy) is 1. The molecule has 6 nitrogen and oxygen atoms in total. The van der Waals surface area contributed by atoms with E-state index in [4.69, 9.17) is 14.1 Å². The number of para-hydroxylation sites is 4. The molecular weight excluding hydrogens is 884 g/mol. The van der Waals surface area contributed by atoms with E-state index in [2.05, 4.69) is 181 Å². The van der Waals surface area contributed by atoms with Crippen LogP contribution in [0.5, 0.6) is 11.5 Å². The van der Waals surface area contributed by atoms with Crippen molar-refractivity contribution in [1.29, 1.82) is 0 Å². The molecule has 0 spiro atoms. The van der Waals surface area contributed by atoms with E-state index in [0.29, 0.717) is 11.5 Å². The van der Waals surface area contributed by atoms with Gasteiger partial charge in [-0.05, 0) is 64.0 Å². The first-order valence-corrected chi connectivity index (χ1v) is 18.9. The third kappa shape index (κ3) is 5.86. The monoisotopic (exact) mass is 918 g/mol. The summed E-state index contributed by atoms with van der Waals surface area (Å²) in [5.74, 6) is 1.95. The van der Waals surface area contributed by atoms with Gasteiger partial charge in [0.2, 0.25) is 0 Å². The molecule has 11 rings (SSSR count). The molecule has 0 atom stereocenters. The standard InChI is InChI=1S/C50H35N4O2.Pt/c1-50(2,3)34-25-36(53-31-52(35-15-5-4-6-16-35)44-19-11-12-20-45(44)53)27-38(26-34)55-37-21-22-40-39-17-9-10-18-43(39)54(46(40)28-37)49-29-48-42(30-51-49)41-23-32-13-7-8-14-33(32)24-47(41)56-48;/h4-26,29-31H,1-3H3;/q-3;. The number of hydrogen-bond donors (Lipinski definition) is 0. The maximum absolute atomic E-state index is 6.74. The third-order valence-corrected chi connectivity index (χ3v) is 10.8. The molecule has 0 bridgehead atoms. The Kier molecular flexibility index (Phi) is 8.24. The molecule has 0 amide bonds. The van der Waals surface area contributed by atoms with E-state index in [1.807, 2.05) is 24.4 Å². The fraction of sp³-hybridized carbons (Fsp3) is 0.0800. The fourth-order valence-corrected chi connectivity index (χ4v) is 8.00. The van der Waals surface area contributed by atoms with Crippen LogP contribution < -0.4 is 14.5 Å². The van der Waals surface area contributed by atoms with Crippen LogP contribution in [-0.2, 0) is 26.5 Å². The van der Waals surface area contributed by atoms with Crippen LogP contribution in [0, 0.1) is 18.8 Å². The number of benzene rings is 7. The SMILES string of the molecule is CC(C)(C)c1cc(Oc2[c-]c3c(cc2)c2ccccc2n3-c2cc3oc4cc5ccccc5cc4c3cn2)[c-]c(N2[CH-]N(c3ccccc3)c3ccccc32)c1.[Pt]. The third-order valence-electron chi connectivity index (χ3n) is 10.8. The molecule has 4 heterocycles. The summed E-state index contributed by atoms with van der Waals surface area (Å²) >= 11 is 0. The zero-order chi connectivity index (χ0) is 37.5. The second-order valence-corrected chi connectivity index (χ2v) is 15.4. The first kappa shape index (κ1) is 35.1. The predicted molar refractivity (Wildman–Crippen MR) is 228 cm³/mol. The van der Waals surface area contributed by atoms with Gasteiger partial charge in [-0.3, -0.25) is 0 Å². The van der Waals surface area contributed by atoms with E-state index in [-0.39, 0.29) is 26.5 Å². The molecule has 0 unspecified atom stereocenters. The van der Waals surface area contributed by atoms with Crippen LogP contribution in [0.15, 0.2) is 156 Å². The molecule has 10 aromatic rings. The van der Waals surface area contributed by atoms with Crippen molar-refractivity contribution in [3.8, 4) is 17.3 Å². The summed E-state index contributed by atoms with van der Waals surface area (Å²) in [5, 5.41) is 6.52. The van der Waals surface area contributed by atoms with Gasteiger partial charge < -0.3 is 23.5 Å². The Morgan fingerprint density at radius 2 is 1.32 bits per heavy atom. The Hall–Kier alpha value is -6.36. The maximum Gasteiger partial charge on any atom is 0.140 e. The van der Waals surface area contributed by atoms with Crippen molar-refractivity contribution >= 4 is 77.3 Å². The van der Waals surface area contributed by atoms with Crippen LogP contribution in [0.4, 0.5) is 22.7 Å². The van der Waals surface area contributed by atoms with Crippen molar-refractivity contribution in [3.05, 3.63) is 176 Å². The van der Waals surface area contributed by atoms with Gasteiger partial charge in [-0.2, -0.15) is 6.07 Å². The van der Waals surface area contributed by atoms with Crippen molar-refractivity contribution in [1.82, 2.24) is 9.55 Å². The minimum absolute atomic E-state index is 0. The molecule has 280 valence electrons. The zero-order valence-corrected chi connectivity index (χ0v) is 33.7. The average molecular weight is 919 g/mol. The van der Waals surface area contributed by atoms with Crippen molar-refractivity contribution in [3.63, 3.8) is 0 Å². The summed E-state index contributed by atoms with van der Waals surface area (Å²) in [4.78, 5) is 9.44. The van der Waals surface area contributed by atoms with Gasteiger partial charge in [-0.25, -0.2) is 4.98 Å². The van der Waals surface area contributed by atoms with Crippen LogP contribution in [0.2, 0.25) is 0 Å². The number of aromatic nitrogens is 2. The molecule has 0 fully saturated rings. The number of rotatable bonds is 5. The molecule has 0 radical (unpaired) electrons. The number of furan rings is 1. The Morgan fingerprint density at radius 1 is 0.614 bits per heavy atom. The molecule has 1 aliphatic rings. The van der Waals surface area contributed by atoms with Crippen molar-refractivity contribution in [2.45, 2.75) is 26.2 Å². The van der Waals surface area contributed by atoms with Gasteiger partial charge in [0.05, 0.1) is 0 Å². The fourth-order valence-electron chi connectivity index (χ4n) is 8.00. The molecule has 7 aromatic carbocycles. The summed E-state index contributed by atoms with van der Waals surface area (Å²) in [6.07, 6.45) is 1.92. The number of pyridine rings is 1. The van der Waals surface area contributed by atoms with E-state index in [9.17, 15) is 0 Å². The summed E-state index contributed by atoms with van der Waals surface area (Å²) in [6.45, 7) is 8.79. The van der Waals surface area contributed by atoms with Gasteiger partial charge in [-0.1, -0.05) is 99.1 Å². The van der Waals surface area contributed by atoms with Crippen LogP contribution in [0.3, 0.4) is 0 Å². The summed E-state index contributed by atoms with van der Waals surface area (Å²) in [6, 6.07) is 57.6. The molecule has 0 aliphatic carbocycles. The largest absolute Gasteiger partial charge is 0.509 e. The first-order valence-electron chi connectivity index (χ1n) is 18.9. The topological polar surface area (TPSA) is 46.7 Å². The van der Waals surface area contributed by atoms with Gasteiger partial charge >= 0.3 is 0 Å². The Bertz CT molecular complexity index is 3160. The molecule has 0 saturated heterocycles. The normalized spacial score (nSPS) is 12.9. The molecule has 0 N–H and O–H groups in total. The quantitative estimate of drug-likeness (QED) is 0.161. The van der Waals surface area contributed by atoms with Crippen molar-refractivity contribution in [2.24, 2.45) is 0 Å². The molecule has 57 heavy (non-hydrogen) atoms. The number of nitrogens with zero attached hydrogens (tertiary/aromatic N) is 4. The number of anilines is 4. The Morgan fingerprint density at radius 3 is 2.12 bits per heavy atom. The predicted octanol–water partition coefficient (Wildman–Crippen LogP) is 13.3. The second-order valence-electron chi connectivity index (χ2n) is 15.4. The van der Waals surface area contributed by atoms with E-state index >= 15 is 0 Å². The van der Waals surface area contributed by atoms with Crippen molar-refractivity contribution in [2.75, 3.05) is 9.80 Å². The minimum atomic E-state index is -0.145. The van der Waals surface area contributed by atoms with E-state index < -0.39 is 0 Å². The first-order chi connectivity index (χ1) is 27.4. The molecular formula is C50H35N4O2Pt-3. The van der Waals surface area contributed by atoms with Crippen molar-refractivity contribution < 1.29 is 30.2 Å². The average Bonchev–Trinajstić information content (AvgIpc) is 3.89. The maximum atomic E-state index is 6.74. The second kappa shape index (κ2) is 13.4. The minimum Gasteiger partial charge on any atom is -0.509 e. The zero-order valence-electron chi connectivity index (χ0n) is 31.4. The Balaban J connectivity index is 0.00000396. The van der Waals surface area contributed by atoms with Crippen LogP contribution in [0.25, 0.3) is 60.3 Å². The van der Waals surface area contributed by atoms with Gasteiger partial charge in [0.15, 0.2) is 0 Å². The van der Waals surface area contributed by atoms with Crippen LogP contribution >= 0.6 is 0 Å². The molecule has 3 aromatic heterocycles. The number of hydrogen-bond acceptors (Lipinski definition) is 5.